The minimum atomic E-state index is -0.0976. The average molecular weight is 262 g/mol. The lowest BCUT2D eigenvalue weighted by Crippen LogP contribution is -2.41. The van der Waals surface area contributed by atoms with Crippen LogP contribution >= 0.6 is 0 Å². The van der Waals surface area contributed by atoms with E-state index in [1.54, 1.807) is 17.0 Å². The van der Waals surface area contributed by atoms with Crippen molar-refractivity contribution >= 4 is 11.8 Å². The molecule has 1 rings (SSSR count). The fourth-order valence-electron chi connectivity index (χ4n) is 1.78. The highest BCUT2D eigenvalue weighted by Crippen LogP contribution is 2.05. The SMILES string of the molecule is CCCNC(=O)CN(CCC)C(=O)c1ccccc1. The number of carbonyl (C=O) groups excluding carboxylic acids is 2. The molecule has 2 amide bonds. The Morgan fingerprint density at radius 3 is 2.37 bits per heavy atom. The van der Waals surface area contributed by atoms with Crippen molar-refractivity contribution in [3.05, 3.63) is 35.9 Å². The van der Waals surface area contributed by atoms with Gasteiger partial charge in [-0.15, -0.1) is 0 Å². The monoisotopic (exact) mass is 262 g/mol. The van der Waals surface area contributed by atoms with Gasteiger partial charge < -0.3 is 10.2 Å². The van der Waals surface area contributed by atoms with Crippen LogP contribution in [-0.2, 0) is 4.79 Å². The van der Waals surface area contributed by atoms with Crippen molar-refractivity contribution in [3.8, 4) is 0 Å². The van der Waals surface area contributed by atoms with Gasteiger partial charge in [0.2, 0.25) is 5.91 Å². The molecule has 0 radical (unpaired) electrons. The molecule has 0 aliphatic heterocycles. The van der Waals surface area contributed by atoms with E-state index in [4.69, 9.17) is 0 Å². The number of hydrogen-bond acceptors (Lipinski definition) is 2. The van der Waals surface area contributed by atoms with Gasteiger partial charge in [-0.1, -0.05) is 32.0 Å². The Kier molecular flexibility index (Phi) is 6.64. The largest absolute Gasteiger partial charge is 0.355 e. The molecule has 19 heavy (non-hydrogen) atoms. The Hall–Kier alpha value is -1.84. The number of hydrogen-bond donors (Lipinski definition) is 1. The maximum atomic E-state index is 12.3. The van der Waals surface area contributed by atoms with Crippen LogP contribution in [0.3, 0.4) is 0 Å². The number of carbonyl (C=O) groups is 2. The van der Waals surface area contributed by atoms with E-state index in [0.29, 0.717) is 18.7 Å². The van der Waals surface area contributed by atoms with Gasteiger partial charge >= 0.3 is 0 Å². The van der Waals surface area contributed by atoms with Gasteiger partial charge in [-0.25, -0.2) is 0 Å². The first kappa shape index (κ1) is 15.2. The first-order valence-electron chi connectivity index (χ1n) is 6.80. The molecule has 1 N–H and O–H groups in total. The Morgan fingerprint density at radius 2 is 1.79 bits per heavy atom. The maximum Gasteiger partial charge on any atom is 0.254 e. The minimum Gasteiger partial charge on any atom is -0.355 e. The molecular weight excluding hydrogens is 240 g/mol. The Labute approximate surface area is 114 Å². The van der Waals surface area contributed by atoms with E-state index in [2.05, 4.69) is 5.32 Å². The van der Waals surface area contributed by atoms with Crippen LogP contribution in [0, 0.1) is 0 Å². The summed E-state index contributed by atoms with van der Waals surface area (Å²) in [6.45, 7) is 5.36. The van der Waals surface area contributed by atoms with Gasteiger partial charge in [0.15, 0.2) is 0 Å². The molecule has 0 saturated heterocycles. The molecule has 0 heterocycles. The number of amides is 2. The summed E-state index contributed by atoms with van der Waals surface area (Å²) in [5, 5.41) is 2.79. The lowest BCUT2D eigenvalue weighted by Gasteiger charge is -2.21. The van der Waals surface area contributed by atoms with Gasteiger partial charge in [0.05, 0.1) is 6.54 Å². The molecule has 0 bridgehead atoms. The summed E-state index contributed by atoms with van der Waals surface area (Å²) >= 11 is 0. The number of rotatable bonds is 7. The predicted octanol–water partition coefficient (Wildman–Crippen LogP) is 2.06. The normalized spacial score (nSPS) is 10.0. The van der Waals surface area contributed by atoms with Crippen molar-refractivity contribution in [2.24, 2.45) is 0 Å². The summed E-state index contributed by atoms with van der Waals surface area (Å²) in [7, 11) is 0. The molecule has 4 heteroatoms. The van der Waals surface area contributed by atoms with Crippen LogP contribution in [0.25, 0.3) is 0 Å². The fraction of sp³-hybridized carbons (Fsp3) is 0.467. The summed E-state index contributed by atoms with van der Waals surface area (Å²) in [5.41, 5.74) is 0.624. The summed E-state index contributed by atoms with van der Waals surface area (Å²) < 4.78 is 0. The van der Waals surface area contributed by atoms with Crippen LogP contribution in [0.15, 0.2) is 30.3 Å². The molecule has 0 saturated carbocycles. The summed E-state index contributed by atoms with van der Waals surface area (Å²) in [6.07, 6.45) is 1.73. The lowest BCUT2D eigenvalue weighted by molar-refractivity contribution is -0.121. The van der Waals surface area contributed by atoms with Gasteiger partial charge in [0.25, 0.3) is 5.91 Å². The van der Waals surface area contributed by atoms with Crippen molar-refractivity contribution in [1.82, 2.24) is 10.2 Å². The average Bonchev–Trinajstić information content (AvgIpc) is 2.45. The second-order valence-corrected chi connectivity index (χ2v) is 4.44. The molecule has 0 fully saturated rings. The third-order valence-corrected chi connectivity index (χ3v) is 2.71. The molecule has 0 spiro atoms. The number of nitrogens with zero attached hydrogens (tertiary/aromatic N) is 1. The number of benzene rings is 1. The second kappa shape index (κ2) is 8.29. The maximum absolute atomic E-state index is 12.3. The minimum absolute atomic E-state index is 0.0888. The van der Waals surface area contributed by atoms with Crippen molar-refractivity contribution in [1.29, 1.82) is 0 Å². The highest BCUT2D eigenvalue weighted by atomic mass is 16.2. The van der Waals surface area contributed by atoms with Gasteiger partial charge in [0, 0.05) is 18.7 Å². The first-order chi connectivity index (χ1) is 9.19. The predicted molar refractivity (Wildman–Crippen MR) is 75.9 cm³/mol. The van der Waals surface area contributed by atoms with Crippen molar-refractivity contribution in [2.75, 3.05) is 19.6 Å². The van der Waals surface area contributed by atoms with Crippen molar-refractivity contribution in [3.63, 3.8) is 0 Å². The zero-order valence-corrected chi connectivity index (χ0v) is 11.7. The molecule has 4 nitrogen and oxygen atoms in total. The molecule has 0 atom stereocenters. The van der Waals surface area contributed by atoms with E-state index in [0.717, 1.165) is 12.8 Å². The zero-order valence-electron chi connectivity index (χ0n) is 11.7. The standard InChI is InChI=1S/C15H22N2O2/c1-3-10-16-14(18)12-17(11-4-2)15(19)13-8-6-5-7-9-13/h5-9H,3-4,10-12H2,1-2H3,(H,16,18). The van der Waals surface area contributed by atoms with Crippen LogP contribution < -0.4 is 5.32 Å². The smallest absolute Gasteiger partial charge is 0.254 e. The van der Waals surface area contributed by atoms with Gasteiger partial charge in [-0.05, 0) is 25.0 Å². The summed E-state index contributed by atoms with van der Waals surface area (Å²) in [6, 6.07) is 9.07. The lowest BCUT2D eigenvalue weighted by atomic mass is 10.2. The molecule has 1 aromatic rings. The third kappa shape index (κ3) is 5.12. The van der Waals surface area contributed by atoms with E-state index in [1.165, 1.54) is 0 Å². The zero-order chi connectivity index (χ0) is 14.1. The topological polar surface area (TPSA) is 49.4 Å². The summed E-state index contributed by atoms with van der Waals surface area (Å²) in [5.74, 6) is -0.186. The van der Waals surface area contributed by atoms with Gasteiger partial charge in [0.1, 0.15) is 0 Å². The molecule has 0 unspecified atom stereocenters. The first-order valence-corrected chi connectivity index (χ1v) is 6.80. The summed E-state index contributed by atoms with van der Waals surface area (Å²) in [4.78, 5) is 25.6. The van der Waals surface area contributed by atoms with E-state index in [9.17, 15) is 9.59 Å². The number of nitrogens with one attached hydrogen (secondary N) is 1. The van der Waals surface area contributed by atoms with E-state index in [1.807, 2.05) is 32.0 Å². The van der Waals surface area contributed by atoms with Crippen molar-refractivity contribution < 1.29 is 9.59 Å². The van der Waals surface area contributed by atoms with Crippen LogP contribution in [0.5, 0.6) is 0 Å². The van der Waals surface area contributed by atoms with Gasteiger partial charge in [-0.3, -0.25) is 9.59 Å². The van der Waals surface area contributed by atoms with E-state index >= 15 is 0 Å². The molecule has 0 aliphatic carbocycles. The highest BCUT2D eigenvalue weighted by molar-refractivity contribution is 5.96. The van der Waals surface area contributed by atoms with Crippen LogP contribution in [0.1, 0.15) is 37.0 Å². The molecular formula is C15H22N2O2. The Morgan fingerprint density at radius 1 is 1.11 bits per heavy atom. The fourth-order valence-corrected chi connectivity index (χ4v) is 1.78. The van der Waals surface area contributed by atoms with Gasteiger partial charge in [-0.2, -0.15) is 0 Å². The molecule has 1 aromatic carbocycles. The third-order valence-electron chi connectivity index (χ3n) is 2.71. The molecule has 104 valence electrons. The Bertz CT molecular complexity index is 404. The second-order valence-electron chi connectivity index (χ2n) is 4.44. The quantitative estimate of drug-likeness (QED) is 0.817. The van der Waals surface area contributed by atoms with Crippen molar-refractivity contribution in [2.45, 2.75) is 26.7 Å². The Balaban J connectivity index is 2.66. The van der Waals surface area contributed by atoms with Crippen LogP contribution in [-0.4, -0.2) is 36.3 Å². The van der Waals surface area contributed by atoms with Crippen LogP contribution in [0.4, 0.5) is 0 Å². The van der Waals surface area contributed by atoms with E-state index < -0.39 is 0 Å². The molecule has 0 aromatic heterocycles. The van der Waals surface area contributed by atoms with Crippen LogP contribution in [0.2, 0.25) is 0 Å². The highest BCUT2D eigenvalue weighted by Gasteiger charge is 2.17. The van der Waals surface area contributed by atoms with E-state index in [-0.39, 0.29) is 18.4 Å². The molecule has 0 aliphatic rings.